The number of hydrogen-bond donors (Lipinski definition) is 3. The lowest BCUT2D eigenvalue weighted by Crippen LogP contribution is -2.71. The molecule has 5 aliphatic heterocycles. The van der Waals surface area contributed by atoms with Gasteiger partial charge in [-0.1, -0.05) is 18.2 Å². The SMILES string of the molecule is Nc1ncnc2c1c(-c1ccc(Oc3ccccc3)cc1)nn2[C@]1(O)CCN(C2CN(C3CN(c4ccc5c(c4)C(=O)N([C@@H]4CCC(=O)NC4=O)C5=O)C3)C2)C[C@H]1F. The highest BCUT2D eigenvalue weighted by Gasteiger charge is 2.50. The largest absolute Gasteiger partial charge is 0.457 e. The van der Waals surface area contributed by atoms with Crippen molar-refractivity contribution in [1.29, 1.82) is 0 Å². The molecule has 0 saturated carbocycles. The summed E-state index contributed by atoms with van der Waals surface area (Å²) in [5.74, 6) is -0.617. The number of fused-ring (bicyclic) bond motifs is 2. The zero-order valence-electron chi connectivity index (χ0n) is 31.2. The number of imide groups is 2. The third kappa shape index (κ3) is 5.87. The van der Waals surface area contributed by atoms with Gasteiger partial charge in [0.25, 0.3) is 11.8 Å². The first-order valence-corrected chi connectivity index (χ1v) is 19.3. The Morgan fingerprint density at radius 1 is 0.845 bits per heavy atom. The number of ether oxygens (including phenoxy) is 1. The number of hydrogen-bond acceptors (Lipinski definition) is 13. The highest BCUT2D eigenvalue weighted by molar-refractivity contribution is 6.23. The molecule has 4 saturated heterocycles. The molecule has 0 unspecified atom stereocenters. The fourth-order valence-corrected chi connectivity index (χ4v) is 8.80. The van der Waals surface area contributed by atoms with Crippen LogP contribution < -0.4 is 20.7 Å². The van der Waals surface area contributed by atoms with Gasteiger partial charge in [0.2, 0.25) is 11.8 Å². The number of aliphatic hydroxyl groups is 1. The predicted octanol–water partition coefficient (Wildman–Crippen LogP) is 2.53. The van der Waals surface area contributed by atoms with Crippen molar-refractivity contribution in [2.24, 2.45) is 0 Å². The summed E-state index contributed by atoms with van der Waals surface area (Å²) in [7, 11) is 0. The Labute approximate surface area is 331 Å². The van der Waals surface area contributed by atoms with E-state index in [0.29, 0.717) is 34.7 Å². The minimum absolute atomic E-state index is 0.0201. The molecule has 0 radical (unpaired) electrons. The number of likely N-dealkylation sites (tertiary alicyclic amines) is 2. The van der Waals surface area contributed by atoms with Gasteiger partial charge in [0.1, 0.15) is 35.4 Å². The molecule has 0 bridgehead atoms. The van der Waals surface area contributed by atoms with Crippen LogP contribution in [0.15, 0.2) is 79.1 Å². The summed E-state index contributed by atoms with van der Waals surface area (Å²) >= 11 is 0. The number of alkyl halides is 1. The number of nitrogens with two attached hydrogens (primary N) is 1. The Hall–Kier alpha value is -6.30. The summed E-state index contributed by atoms with van der Waals surface area (Å²) in [6, 6.07) is 21.2. The second kappa shape index (κ2) is 13.7. The summed E-state index contributed by atoms with van der Waals surface area (Å²) in [4.78, 5) is 66.6. The van der Waals surface area contributed by atoms with Gasteiger partial charge in [-0.15, -0.1) is 0 Å². The van der Waals surface area contributed by atoms with Crippen LogP contribution in [0.5, 0.6) is 11.5 Å². The van der Waals surface area contributed by atoms with Crippen molar-refractivity contribution in [2.45, 2.75) is 49.3 Å². The van der Waals surface area contributed by atoms with Crippen LogP contribution in [0.4, 0.5) is 15.9 Å². The molecule has 3 aromatic carbocycles. The number of anilines is 2. The van der Waals surface area contributed by atoms with Crippen LogP contribution in [0.1, 0.15) is 40.0 Å². The fraction of sp³-hybridized carbons (Fsp3) is 0.341. The van der Waals surface area contributed by atoms with Crippen molar-refractivity contribution in [1.82, 2.24) is 39.8 Å². The summed E-state index contributed by atoms with van der Waals surface area (Å²) in [5.41, 5.74) is 7.05. The van der Waals surface area contributed by atoms with Gasteiger partial charge < -0.3 is 20.5 Å². The van der Waals surface area contributed by atoms with E-state index < -0.39 is 41.6 Å². The summed E-state index contributed by atoms with van der Waals surface area (Å²) < 4.78 is 23.5. The Morgan fingerprint density at radius 2 is 1.57 bits per heavy atom. The molecule has 58 heavy (non-hydrogen) atoms. The van der Waals surface area contributed by atoms with E-state index in [9.17, 15) is 24.3 Å². The number of rotatable bonds is 8. The van der Waals surface area contributed by atoms with Crippen LogP contribution in [0, 0.1) is 0 Å². The number of nitrogen functional groups attached to an aromatic ring is 1. The topological polar surface area (TPSA) is 192 Å². The molecule has 0 aliphatic carbocycles. The van der Waals surface area contributed by atoms with E-state index in [2.05, 4.69) is 30.0 Å². The van der Waals surface area contributed by atoms with Crippen molar-refractivity contribution in [3.8, 4) is 22.8 Å². The molecule has 296 valence electrons. The van der Waals surface area contributed by atoms with E-state index in [1.807, 2.05) is 48.5 Å². The number of para-hydroxylation sites is 1. The van der Waals surface area contributed by atoms with Crippen molar-refractivity contribution in [2.75, 3.05) is 49.9 Å². The van der Waals surface area contributed by atoms with E-state index in [1.165, 1.54) is 11.0 Å². The summed E-state index contributed by atoms with van der Waals surface area (Å²) in [6.45, 7) is 3.42. The second-order valence-electron chi connectivity index (χ2n) is 15.6. The summed E-state index contributed by atoms with van der Waals surface area (Å²) in [6.07, 6.45) is -0.118. The number of aromatic nitrogens is 4. The average molecular weight is 787 g/mol. The molecule has 4 fully saturated rings. The predicted molar refractivity (Wildman–Crippen MR) is 207 cm³/mol. The first-order valence-electron chi connectivity index (χ1n) is 19.3. The minimum atomic E-state index is -1.96. The third-order valence-corrected chi connectivity index (χ3v) is 12.2. The molecule has 4 amide bonds. The number of benzene rings is 3. The molecule has 16 nitrogen and oxygen atoms in total. The van der Waals surface area contributed by atoms with E-state index in [-0.39, 0.29) is 60.5 Å². The lowest BCUT2D eigenvalue weighted by molar-refractivity contribution is -0.161. The Bertz CT molecular complexity index is 2490. The van der Waals surface area contributed by atoms with E-state index in [1.54, 1.807) is 24.3 Å². The van der Waals surface area contributed by atoms with Gasteiger partial charge in [-0.2, -0.15) is 5.10 Å². The third-order valence-electron chi connectivity index (χ3n) is 12.2. The Balaban J connectivity index is 0.768. The number of carbonyl (C=O) groups excluding carboxylic acids is 4. The lowest BCUT2D eigenvalue weighted by atomic mass is 9.93. The van der Waals surface area contributed by atoms with Crippen LogP contribution in [-0.2, 0) is 15.3 Å². The molecule has 5 aromatic rings. The number of halogens is 1. The molecule has 2 aromatic heterocycles. The number of nitrogens with one attached hydrogen (secondary N) is 1. The number of piperidine rings is 2. The molecule has 10 rings (SSSR count). The second-order valence-corrected chi connectivity index (χ2v) is 15.6. The molecule has 3 atom stereocenters. The van der Waals surface area contributed by atoms with Crippen LogP contribution in [-0.4, -0.2) is 127 Å². The first kappa shape index (κ1) is 36.1. The molecule has 4 N–H and O–H groups in total. The molecule has 0 spiro atoms. The van der Waals surface area contributed by atoms with Crippen molar-refractivity contribution >= 4 is 46.2 Å². The smallest absolute Gasteiger partial charge is 0.262 e. The molecule has 5 aliphatic rings. The fourth-order valence-electron chi connectivity index (χ4n) is 8.80. The van der Waals surface area contributed by atoms with Crippen LogP contribution in [0.3, 0.4) is 0 Å². The van der Waals surface area contributed by atoms with E-state index in [4.69, 9.17) is 15.6 Å². The van der Waals surface area contributed by atoms with Gasteiger partial charge >= 0.3 is 0 Å². The van der Waals surface area contributed by atoms with Gasteiger partial charge in [-0.25, -0.2) is 19.0 Å². The quantitative estimate of drug-likeness (QED) is 0.195. The van der Waals surface area contributed by atoms with Crippen LogP contribution in [0.2, 0.25) is 0 Å². The number of nitrogens with zero attached hydrogens (tertiary/aromatic N) is 8. The number of carbonyl (C=O) groups is 4. The highest BCUT2D eigenvalue weighted by Crippen LogP contribution is 2.40. The molecular weight excluding hydrogens is 748 g/mol. The Kier molecular flexibility index (Phi) is 8.50. The van der Waals surface area contributed by atoms with E-state index in [0.717, 1.165) is 36.8 Å². The highest BCUT2D eigenvalue weighted by atomic mass is 19.1. The minimum Gasteiger partial charge on any atom is -0.457 e. The first-order chi connectivity index (χ1) is 28.1. The van der Waals surface area contributed by atoms with Crippen LogP contribution in [0.25, 0.3) is 22.3 Å². The molecule has 7 heterocycles. The van der Waals surface area contributed by atoms with E-state index >= 15 is 4.39 Å². The van der Waals surface area contributed by atoms with Gasteiger partial charge in [-0.05, 0) is 61.0 Å². The standard InChI is InChI=1S/C41H39FN10O6/c42-32-21-48(15-14-41(32,57)52-37-34(36(43)44-22-45-37)35(47-52)23-6-9-28(10-7-23)58-27-4-2-1-3-5-27)25-17-50(18-25)26-19-49(20-26)24-8-11-29-30(16-24)40(56)51(39(29)55)31-12-13-33(53)46-38(31)54/h1-11,16,22,25-26,31-32,57H,12-15,17-21H2,(H2,43,44,45)(H,46,53,54)/t31-,32-,41+/m1/s1. The number of amides is 4. The van der Waals surface area contributed by atoms with Gasteiger partial charge in [-0.3, -0.25) is 39.2 Å². The lowest BCUT2D eigenvalue weighted by Gasteiger charge is -2.56. The van der Waals surface area contributed by atoms with Gasteiger partial charge in [0.15, 0.2) is 17.5 Å². The Morgan fingerprint density at radius 3 is 2.31 bits per heavy atom. The van der Waals surface area contributed by atoms with Crippen molar-refractivity contribution in [3.05, 3.63) is 90.3 Å². The van der Waals surface area contributed by atoms with Gasteiger partial charge in [0.05, 0.1) is 16.5 Å². The maximum Gasteiger partial charge on any atom is 0.262 e. The molecular formula is C41H39FN10O6. The maximum absolute atomic E-state index is 16.3. The van der Waals surface area contributed by atoms with Gasteiger partial charge in [0, 0.05) is 75.4 Å². The average Bonchev–Trinajstić information content (AvgIpc) is 3.70. The van der Waals surface area contributed by atoms with Crippen LogP contribution >= 0.6 is 0 Å². The summed E-state index contributed by atoms with van der Waals surface area (Å²) in [5, 5.41) is 19.4. The van der Waals surface area contributed by atoms with Crippen molar-refractivity contribution < 1.29 is 33.4 Å². The van der Waals surface area contributed by atoms with Crippen molar-refractivity contribution in [3.63, 3.8) is 0 Å². The maximum atomic E-state index is 16.3. The normalized spacial score (nSPS) is 24.5. The zero-order chi connectivity index (χ0) is 39.9. The monoisotopic (exact) mass is 786 g/mol. The zero-order valence-corrected chi connectivity index (χ0v) is 31.2. The molecule has 17 heteroatoms.